The molecule has 0 saturated carbocycles. The summed E-state index contributed by atoms with van der Waals surface area (Å²) in [4.78, 5) is 15.9. The molecular weight excluding hydrogens is 364 g/mol. The van der Waals surface area contributed by atoms with Crippen LogP contribution in [0.4, 0.5) is 0 Å². The molecule has 3 heterocycles. The zero-order valence-corrected chi connectivity index (χ0v) is 16.1. The van der Waals surface area contributed by atoms with E-state index in [2.05, 4.69) is 21.5 Å². The fourth-order valence-corrected chi connectivity index (χ4v) is 5.85. The normalized spacial score (nSPS) is 14.2. The molecule has 0 spiro atoms. The number of hydrogen-bond acceptors (Lipinski definition) is 5. The minimum Gasteiger partial charge on any atom is -0.268 e. The fourth-order valence-electron chi connectivity index (χ4n) is 3.75. The van der Waals surface area contributed by atoms with Gasteiger partial charge in [-0.15, -0.1) is 21.5 Å². The third kappa shape index (κ3) is 2.27. The molecular formula is C19H18N4OS2. The van der Waals surface area contributed by atoms with Crippen LogP contribution in [0.15, 0.2) is 40.3 Å². The average Bonchev–Trinajstić information content (AvgIpc) is 3.25. The molecule has 0 amide bonds. The first kappa shape index (κ1) is 16.1. The molecule has 26 heavy (non-hydrogen) atoms. The van der Waals surface area contributed by atoms with Gasteiger partial charge < -0.3 is 0 Å². The Labute approximate surface area is 158 Å². The van der Waals surface area contributed by atoms with Gasteiger partial charge in [-0.3, -0.25) is 4.79 Å². The van der Waals surface area contributed by atoms with Gasteiger partial charge in [-0.25, -0.2) is 8.97 Å². The molecule has 1 aliphatic carbocycles. The number of aromatic nitrogens is 4. The van der Waals surface area contributed by atoms with Gasteiger partial charge in [0.15, 0.2) is 5.16 Å². The van der Waals surface area contributed by atoms with Gasteiger partial charge in [-0.05, 0) is 49.1 Å². The van der Waals surface area contributed by atoms with Gasteiger partial charge in [-0.1, -0.05) is 36.9 Å². The lowest BCUT2D eigenvalue weighted by Gasteiger charge is -2.11. The van der Waals surface area contributed by atoms with Crippen LogP contribution in [0, 0.1) is 0 Å². The second kappa shape index (κ2) is 6.25. The maximum absolute atomic E-state index is 13.5. The Kier molecular flexibility index (Phi) is 3.86. The van der Waals surface area contributed by atoms with E-state index in [1.807, 2.05) is 30.3 Å². The quantitative estimate of drug-likeness (QED) is 0.501. The number of nitrogens with zero attached hydrogens (tertiary/aromatic N) is 4. The summed E-state index contributed by atoms with van der Waals surface area (Å²) in [6, 6.07) is 9.76. The zero-order chi connectivity index (χ0) is 17.7. The lowest BCUT2D eigenvalue weighted by atomic mass is 9.97. The molecule has 0 aliphatic heterocycles. The van der Waals surface area contributed by atoms with E-state index < -0.39 is 0 Å². The number of thioether (sulfide) groups is 1. The number of fused-ring (bicyclic) bond motifs is 5. The number of benzene rings is 1. The predicted molar refractivity (Wildman–Crippen MR) is 107 cm³/mol. The van der Waals surface area contributed by atoms with Crippen molar-refractivity contribution in [3.05, 3.63) is 51.1 Å². The van der Waals surface area contributed by atoms with Gasteiger partial charge in [0.2, 0.25) is 5.78 Å². The SMILES string of the molecule is CCSc1nnc2n(-c3ccccc3)c(=O)c3c4c(sc3n12)CCCC4. The number of thiophene rings is 1. The standard InChI is InChI=1S/C19H18N4OS2/c1-2-25-19-21-20-18-22(12-8-4-3-5-9-12)16(24)15-13-10-6-7-11-14(13)26-17(15)23(18)19/h3-5,8-9H,2,6-7,10-11H2,1H3. The molecule has 4 aromatic rings. The molecule has 0 bridgehead atoms. The third-order valence-corrected chi connectivity index (χ3v) is 6.96. The van der Waals surface area contributed by atoms with E-state index in [-0.39, 0.29) is 5.56 Å². The van der Waals surface area contributed by atoms with E-state index in [9.17, 15) is 4.79 Å². The highest BCUT2D eigenvalue weighted by Gasteiger charge is 2.25. The lowest BCUT2D eigenvalue weighted by Crippen LogP contribution is -2.22. The first-order valence-corrected chi connectivity index (χ1v) is 10.7. The van der Waals surface area contributed by atoms with Crippen LogP contribution in [0.5, 0.6) is 0 Å². The smallest absolute Gasteiger partial charge is 0.268 e. The van der Waals surface area contributed by atoms with Gasteiger partial charge in [0, 0.05) is 4.88 Å². The molecule has 132 valence electrons. The molecule has 0 N–H and O–H groups in total. The molecule has 1 aromatic carbocycles. The van der Waals surface area contributed by atoms with E-state index in [4.69, 9.17) is 0 Å². The van der Waals surface area contributed by atoms with Crippen LogP contribution in [-0.4, -0.2) is 24.9 Å². The first-order valence-electron chi connectivity index (χ1n) is 8.92. The van der Waals surface area contributed by atoms with Crippen LogP contribution in [0.25, 0.3) is 21.7 Å². The van der Waals surface area contributed by atoms with Crippen LogP contribution in [-0.2, 0) is 12.8 Å². The van der Waals surface area contributed by atoms with Gasteiger partial charge in [0.1, 0.15) is 4.83 Å². The molecule has 1 aliphatic rings. The lowest BCUT2D eigenvalue weighted by molar-refractivity contribution is 0.699. The van der Waals surface area contributed by atoms with Gasteiger partial charge in [0.05, 0.1) is 11.1 Å². The van der Waals surface area contributed by atoms with E-state index in [0.717, 1.165) is 46.1 Å². The minimum atomic E-state index is 0.0264. The molecule has 7 heteroatoms. The summed E-state index contributed by atoms with van der Waals surface area (Å²) in [5, 5.41) is 10.5. The summed E-state index contributed by atoms with van der Waals surface area (Å²) in [6.07, 6.45) is 4.41. The Hall–Kier alpha value is -2.12. The summed E-state index contributed by atoms with van der Waals surface area (Å²) in [7, 11) is 0. The third-order valence-electron chi connectivity index (χ3n) is 4.88. The minimum absolute atomic E-state index is 0.0264. The van der Waals surface area contributed by atoms with Crippen LogP contribution >= 0.6 is 23.1 Å². The van der Waals surface area contributed by atoms with Crippen LogP contribution in [0.1, 0.15) is 30.2 Å². The summed E-state index contributed by atoms with van der Waals surface area (Å²) in [6.45, 7) is 2.11. The molecule has 5 rings (SSSR count). The van der Waals surface area contributed by atoms with Gasteiger partial charge in [-0.2, -0.15) is 0 Å². The Balaban J connectivity index is 1.97. The maximum atomic E-state index is 13.5. The van der Waals surface area contributed by atoms with E-state index in [1.165, 1.54) is 16.9 Å². The Morgan fingerprint density at radius 3 is 2.77 bits per heavy atom. The summed E-state index contributed by atoms with van der Waals surface area (Å²) < 4.78 is 3.80. The fraction of sp³-hybridized carbons (Fsp3) is 0.316. The van der Waals surface area contributed by atoms with Crippen molar-refractivity contribution in [2.24, 2.45) is 0 Å². The number of para-hydroxylation sites is 1. The monoisotopic (exact) mass is 382 g/mol. The van der Waals surface area contributed by atoms with Crippen molar-refractivity contribution < 1.29 is 0 Å². The second-order valence-corrected chi connectivity index (χ2v) is 8.73. The highest BCUT2D eigenvalue weighted by molar-refractivity contribution is 7.99. The first-order chi connectivity index (χ1) is 12.8. The van der Waals surface area contributed by atoms with Crippen molar-refractivity contribution >= 4 is 39.1 Å². The molecule has 5 nitrogen and oxygen atoms in total. The maximum Gasteiger partial charge on any atom is 0.268 e. The van der Waals surface area contributed by atoms with E-state index in [0.29, 0.717) is 5.78 Å². The number of aryl methyl sites for hydroxylation is 2. The topological polar surface area (TPSA) is 52.2 Å². The van der Waals surface area contributed by atoms with Crippen molar-refractivity contribution in [3.8, 4) is 5.69 Å². The number of hydrogen-bond donors (Lipinski definition) is 0. The van der Waals surface area contributed by atoms with Gasteiger partial charge in [0.25, 0.3) is 5.56 Å². The molecule has 0 fully saturated rings. The van der Waals surface area contributed by atoms with Crippen molar-refractivity contribution in [2.45, 2.75) is 37.8 Å². The Bertz CT molecular complexity index is 1170. The van der Waals surface area contributed by atoms with Crippen molar-refractivity contribution in [1.29, 1.82) is 0 Å². The van der Waals surface area contributed by atoms with Crippen LogP contribution < -0.4 is 5.56 Å². The molecule has 0 atom stereocenters. The molecule has 3 aromatic heterocycles. The summed E-state index contributed by atoms with van der Waals surface area (Å²) >= 11 is 3.41. The summed E-state index contributed by atoms with van der Waals surface area (Å²) in [5.41, 5.74) is 2.10. The highest BCUT2D eigenvalue weighted by Crippen LogP contribution is 2.36. The average molecular weight is 383 g/mol. The van der Waals surface area contributed by atoms with Gasteiger partial charge >= 0.3 is 0 Å². The van der Waals surface area contributed by atoms with Crippen LogP contribution in [0.2, 0.25) is 0 Å². The molecule has 0 radical (unpaired) electrons. The number of rotatable bonds is 3. The van der Waals surface area contributed by atoms with Crippen molar-refractivity contribution in [3.63, 3.8) is 0 Å². The van der Waals surface area contributed by atoms with Crippen LogP contribution in [0.3, 0.4) is 0 Å². The highest BCUT2D eigenvalue weighted by atomic mass is 32.2. The van der Waals surface area contributed by atoms with Crippen molar-refractivity contribution in [1.82, 2.24) is 19.2 Å². The Morgan fingerprint density at radius 1 is 1.15 bits per heavy atom. The van der Waals surface area contributed by atoms with E-state index in [1.54, 1.807) is 27.7 Å². The largest absolute Gasteiger partial charge is 0.268 e. The second-order valence-electron chi connectivity index (χ2n) is 6.42. The summed E-state index contributed by atoms with van der Waals surface area (Å²) in [5.74, 6) is 1.51. The van der Waals surface area contributed by atoms with Crippen molar-refractivity contribution in [2.75, 3.05) is 5.75 Å². The predicted octanol–water partition coefficient (Wildman–Crippen LogP) is 4.09. The zero-order valence-electron chi connectivity index (χ0n) is 14.4. The van der Waals surface area contributed by atoms with E-state index >= 15 is 0 Å². The molecule has 0 saturated heterocycles. The Morgan fingerprint density at radius 2 is 1.96 bits per heavy atom. The molecule has 0 unspecified atom stereocenters.